The van der Waals surface area contributed by atoms with Crippen LogP contribution in [-0.4, -0.2) is 45.3 Å². The SMILES string of the molecule is Cc1nn(CC(C)C)c(C)c1CC(=O)N1C[C@H](F)C[C@H]1C(N)=O. The molecule has 0 spiro atoms. The summed E-state index contributed by atoms with van der Waals surface area (Å²) in [5.74, 6) is -0.478. The van der Waals surface area contributed by atoms with Crippen LogP contribution in [0.15, 0.2) is 0 Å². The number of carbonyl (C=O) groups is 2. The van der Waals surface area contributed by atoms with Gasteiger partial charge in [0, 0.05) is 24.2 Å². The number of alkyl halides is 1. The van der Waals surface area contributed by atoms with Gasteiger partial charge in [-0.05, 0) is 19.8 Å². The van der Waals surface area contributed by atoms with E-state index in [1.807, 2.05) is 18.5 Å². The van der Waals surface area contributed by atoms with Gasteiger partial charge in [-0.25, -0.2) is 4.39 Å². The van der Waals surface area contributed by atoms with E-state index < -0.39 is 18.1 Å². The van der Waals surface area contributed by atoms with Crippen LogP contribution in [-0.2, 0) is 22.6 Å². The van der Waals surface area contributed by atoms with Gasteiger partial charge in [-0.2, -0.15) is 5.10 Å². The number of primary amides is 1. The van der Waals surface area contributed by atoms with Crippen molar-refractivity contribution in [2.45, 2.75) is 59.3 Å². The number of hydrogen-bond donors (Lipinski definition) is 1. The number of rotatable bonds is 5. The zero-order valence-electron chi connectivity index (χ0n) is 14.2. The Balaban J connectivity index is 2.17. The summed E-state index contributed by atoms with van der Waals surface area (Å²) in [5.41, 5.74) is 7.87. The topological polar surface area (TPSA) is 81.2 Å². The third kappa shape index (κ3) is 3.71. The molecule has 2 rings (SSSR count). The summed E-state index contributed by atoms with van der Waals surface area (Å²) >= 11 is 0. The quantitative estimate of drug-likeness (QED) is 0.881. The number of carbonyl (C=O) groups excluding carboxylic acids is 2. The molecule has 2 heterocycles. The molecule has 2 N–H and O–H groups in total. The summed E-state index contributed by atoms with van der Waals surface area (Å²) in [6, 6.07) is -0.844. The maximum absolute atomic E-state index is 13.6. The lowest BCUT2D eigenvalue weighted by Crippen LogP contribution is -2.44. The molecule has 1 aromatic heterocycles. The van der Waals surface area contributed by atoms with Gasteiger partial charge in [-0.1, -0.05) is 13.8 Å². The number of likely N-dealkylation sites (tertiary alicyclic amines) is 1. The van der Waals surface area contributed by atoms with Crippen LogP contribution < -0.4 is 5.73 Å². The standard InChI is InChI=1S/C16H25FN4O2/c1-9(2)7-21-11(4)13(10(3)19-21)6-15(22)20-8-12(17)5-14(20)16(18)23/h9,12,14H,5-8H2,1-4H3,(H2,18,23)/t12-,14+/m1/s1. The molecule has 0 unspecified atom stereocenters. The van der Waals surface area contributed by atoms with Crippen molar-refractivity contribution in [3.63, 3.8) is 0 Å². The fourth-order valence-electron chi connectivity index (χ4n) is 3.10. The van der Waals surface area contributed by atoms with Gasteiger partial charge >= 0.3 is 0 Å². The fraction of sp³-hybridized carbons (Fsp3) is 0.688. The Bertz CT molecular complexity index is 611. The number of nitrogens with zero attached hydrogens (tertiary/aromatic N) is 3. The first kappa shape index (κ1) is 17.4. The van der Waals surface area contributed by atoms with Crippen LogP contribution in [0.2, 0.25) is 0 Å². The van der Waals surface area contributed by atoms with Crippen LogP contribution >= 0.6 is 0 Å². The summed E-state index contributed by atoms with van der Waals surface area (Å²) in [4.78, 5) is 25.2. The van der Waals surface area contributed by atoms with E-state index in [-0.39, 0.29) is 25.3 Å². The number of hydrogen-bond acceptors (Lipinski definition) is 3. The van der Waals surface area contributed by atoms with Crippen molar-refractivity contribution in [3.05, 3.63) is 17.0 Å². The van der Waals surface area contributed by atoms with Gasteiger partial charge in [0.25, 0.3) is 0 Å². The second kappa shape index (κ2) is 6.68. The van der Waals surface area contributed by atoms with Crippen LogP contribution in [0, 0.1) is 19.8 Å². The molecule has 2 atom stereocenters. The maximum Gasteiger partial charge on any atom is 0.240 e. The zero-order chi connectivity index (χ0) is 17.3. The Morgan fingerprint density at radius 1 is 1.39 bits per heavy atom. The van der Waals surface area contributed by atoms with Gasteiger partial charge in [-0.15, -0.1) is 0 Å². The Morgan fingerprint density at radius 2 is 2.04 bits per heavy atom. The van der Waals surface area contributed by atoms with Crippen LogP contribution in [0.5, 0.6) is 0 Å². The third-order valence-electron chi connectivity index (χ3n) is 4.30. The van der Waals surface area contributed by atoms with Gasteiger partial charge in [0.2, 0.25) is 11.8 Å². The average Bonchev–Trinajstić information content (AvgIpc) is 2.94. The van der Waals surface area contributed by atoms with Gasteiger partial charge in [-0.3, -0.25) is 14.3 Å². The van der Waals surface area contributed by atoms with E-state index in [0.717, 1.165) is 23.5 Å². The summed E-state index contributed by atoms with van der Waals surface area (Å²) in [7, 11) is 0. The minimum absolute atomic E-state index is 0.00828. The van der Waals surface area contributed by atoms with E-state index in [1.165, 1.54) is 4.90 Å². The molecule has 1 aliphatic rings. The van der Waals surface area contributed by atoms with Crippen molar-refractivity contribution in [2.24, 2.45) is 11.7 Å². The van der Waals surface area contributed by atoms with Crippen molar-refractivity contribution in [1.82, 2.24) is 14.7 Å². The molecule has 1 saturated heterocycles. The lowest BCUT2D eigenvalue weighted by Gasteiger charge is -2.21. The van der Waals surface area contributed by atoms with Gasteiger partial charge in [0.1, 0.15) is 12.2 Å². The maximum atomic E-state index is 13.6. The molecule has 0 bridgehead atoms. The number of amides is 2. The molecule has 1 aromatic rings. The van der Waals surface area contributed by atoms with Crippen molar-refractivity contribution in [2.75, 3.05) is 6.54 Å². The minimum atomic E-state index is -1.19. The van der Waals surface area contributed by atoms with E-state index in [4.69, 9.17) is 5.73 Å². The molecule has 0 radical (unpaired) electrons. The molecule has 2 amide bonds. The highest BCUT2D eigenvalue weighted by atomic mass is 19.1. The highest BCUT2D eigenvalue weighted by Crippen LogP contribution is 2.23. The molecular weight excluding hydrogens is 299 g/mol. The van der Waals surface area contributed by atoms with Gasteiger partial charge < -0.3 is 10.6 Å². The molecule has 23 heavy (non-hydrogen) atoms. The predicted octanol–water partition coefficient (Wildman–Crippen LogP) is 1.12. The van der Waals surface area contributed by atoms with Crippen molar-refractivity contribution in [1.29, 1.82) is 0 Å². The number of nitrogens with two attached hydrogens (primary N) is 1. The van der Waals surface area contributed by atoms with Gasteiger partial charge in [0.15, 0.2) is 0 Å². The molecule has 7 heteroatoms. The van der Waals surface area contributed by atoms with Crippen molar-refractivity contribution in [3.8, 4) is 0 Å². The first-order valence-electron chi connectivity index (χ1n) is 7.96. The van der Waals surface area contributed by atoms with E-state index in [1.54, 1.807) is 0 Å². The Morgan fingerprint density at radius 3 is 2.61 bits per heavy atom. The van der Waals surface area contributed by atoms with Crippen LogP contribution in [0.25, 0.3) is 0 Å². The van der Waals surface area contributed by atoms with Crippen molar-refractivity contribution < 1.29 is 14.0 Å². The van der Waals surface area contributed by atoms with Crippen molar-refractivity contribution >= 4 is 11.8 Å². The largest absolute Gasteiger partial charge is 0.368 e. The highest BCUT2D eigenvalue weighted by Gasteiger charge is 2.38. The Hall–Kier alpha value is -1.92. The van der Waals surface area contributed by atoms with Crippen LogP contribution in [0.4, 0.5) is 4.39 Å². The second-order valence-corrected chi connectivity index (χ2v) is 6.70. The minimum Gasteiger partial charge on any atom is -0.368 e. The van der Waals surface area contributed by atoms with E-state index in [2.05, 4.69) is 18.9 Å². The summed E-state index contributed by atoms with van der Waals surface area (Å²) in [6.07, 6.45) is -1.08. The van der Waals surface area contributed by atoms with E-state index >= 15 is 0 Å². The normalized spacial score (nSPS) is 21.2. The molecule has 0 saturated carbocycles. The molecule has 6 nitrogen and oxygen atoms in total. The molecule has 0 aliphatic carbocycles. The first-order valence-corrected chi connectivity index (χ1v) is 7.96. The fourth-order valence-corrected chi connectivity index (χ4v) is 3.10. The summed E-state index contributed by atoms with van der Waals surface area (Å²) in [6.45, 7) is 8.71. The lowest BCUT2D eigenvalue weighted by molar-refractivity contribution is -0.136. The molecular formula is C16H25FN4O2. The molecule has 0 aromatic carbocycles. The second-order valence-electron chi connectivity index (χ2n) is 6.70. The monoisotopic (exact) mass is 324 g/mol. The smallest absolute Gasteiger partial charge is 0.240 e. The summed E-state index contributed by atoms with van der Waals surface area (Å²) in [5, 5.41) is 4.48. The molecule has 128 valence electrons. The lowest BCUT2D eigenvalue weighted by atomic mass is 10.1. The predicted molar refractivity (Wildman–Crippen MR) is 84.5 cm³/mol. The first-order chi connectivity index (χ1) is 10.7. The van der Waals surface area contributed by atoms with Gasteiger partial charge in [0.05, 0.1) is 18.7 Å². The number of aromatic nitrogens is 2. The molecule has 1 fully saturated rings. The zero-order valence-corrected chi connectivity index (χ0v) is 14.2. The van der Waals surface area contributed by atoms with E-state index in [0.29, 0.717) is 5.92 Å². The number of halogens is 1. The van der Waals surface area contributed by atoms with E-state index in [9.17, 15) is 14.0 Å². The van der Waals surface area contributed by atoms with Crippen LogP contribution in [0.3, 0.4) is 0 Å². The summed E-state index contributed by atoms with van der Waals surface area (Å²) < 4.78 is 15.5. The molecule has 1 aliphatic heterocycles. The average molecular weight is 324 g/mol. The Labute approximate surface area is 135 Å². The van der Waals surface area contributed by atoms with Crippen LogP contribution in [0.1, 0.15) is 37.2 Å². The number of aryl methyl sites for hydroxylation is 1. The highest BCUT2D eigenvalue weighted by molar-refractivity contribution is 5.88. The Kier molecular flexibility index (Phi) is 5.06. The third-order valence-corrected chi connectivity index (χ3v) is 4.30.